The topological polar surface area (TPSA) is 109 Å². The number of hydrogen-bond donors (Lipinski definition) is 2. The van der Waals surface area contributed by atoms with Gasteiger partial charge in [0.15, 0.2) is 5.17 Å². The van der Waals surface area contributed by atoms with E-state index < -0.39 is 11.2 Å². The lowest BCUT2D eigenvalue weighted by Crippen LogP contribution is -2.41. The largest absolute Gasteiger partial charge is 0.462 e. The minimum absolute atomic E-state index is 0.0318. The van der Waals surface area contributed by atoms with Crippen LogP contribution in [0.25, 0.3) is 0 Å². The van der Waals surface area contributed by atoms with Gasteiger partial charge in [0.25, 0.3) is 0 Å². The normalized spacial score (nSPS) is 18.1. The third-order valence-electron chi connectivity index (χ3n) is 4.00. The zero-order valence-electron chi connectivity index (χ0n) is 16.4. The Morgan fingerprint density at radius 1 is 1.27 bits per heavy atom. The average molecular weight is 445 g/mol. The Morgan fingerprint density at radius 3 is 2.70 bits per heavy atom. The van der Waals surface area contributed by atoms with Crippen molar-refractivity contribution in [1.82, 2.24) is 5.32 Å². The third-order valence-corrected chi connectivity index (χ3v) is 6.05. The molecule has 1 aromatic carbocycles. The van der Waals surface area contributed by atoms with E-state index in [2.05, 4.69) is 20.8 Å². The monoisotopic (exact) mass is 444 g/mol. The number of rotatable bonds is 6. The van der Waals surface area contributed by atoms with Crippen molar-refractivity contribution in [2.24, 2.45) is 10.2 Å². The number of thiophene rings is 1. The Labute approximate surface area is 181 Å². The van der Waals surface area contributed by atoms with Crippen LogP contribution < -0.4 is 10.6 Å². The van der Waals surface area contributed by atoms with Crippen LogP contribution in [0.4, 0.5) is 5.69 Å². The summed E-state index contributed by atoms with van der Waals surface area (Å²) in [5, 5.41) is 15.2. The summed E-state index contributed by atoms with van der Waals surface area (Å²) in [6.45, 7) is 3.85. The second kappa shape index (κ2) is 10.2. The molecule has 1 aliphatic heterocycles. The van der Waals surface area contributed by atoms with E-state index in [9.17, 15) is 14.4 Å². The number of ether oxygens (including phenoxy) is 1. The summed E-state index contributed by atoms with van der Waals surface area (Å²) in [5.41, 5.74) is 1.64. The van der Waals surface area contributed by atoms with Crippen LogP contribution >= 0.6 is 23.1 Å². The van der Waals surface area contributed by atoms with Crippen LogP contribution in [-0.2, 0) is 14.3 Å². The Morgan fingerprint density at radius 2 is 2.03 bits per heavy atom. The lowest BCUT2D eigenvalue weighted by Gasteiger charge is -2.21. The lowest BCUT2D eigenvalue weighted by molar-refractivity contribution is -0.123. The van der Waals surface area contributed by atoms with E-state index in [0.717, 1.165) is 22.4 Å². The van der Waals surface area contributed by atoms with Crippen molar-refractivity contribution in [3.8, 4) is 0 Å². The number of esters is 1. The maximum Gasteiger partial charge on any atom is 0.338 e. The molecule has 10 heteroatoms. The van der Waals surface area contributed by atoms with Crippen LogP contribution in [0.2, 0.25) is 0 Å². The molecule has 8 nitrogen and oxygen atoms in total. The zero-order chi connectivity index (χ0) is 21.5. The molecule has 1 saturated heterocycles. The fraction of sp³-hybridized carbons (Fsp3) is 0.250. The van der Waals surface area contributed by atoms with Gasteiger partial charge in [-0.15, -0.1) is 16.4 Å². The van der Waals surface area contributed by atoms with E-state index in [1.54, 1.807) is 42.5 Å². The molecule has 2 aromatic rings. The van der Waals surface area contributed by atoms with Gasteiger partial charge < -0.3 is 15.4 Å². The fourth-order valence-electron chi connectivity index (χ4n) is 2.52. The quantitative estimate of drug-likeness (QED) is 0.404. The molecule has 0 unspecified atom stereocenters. The molecule has 1 aliphatic rings. The molecule has 2 N–H and O–H groups in total. The second-order valence-electron chi connectivity index (χ2n) is 6.21. The summed E-state index contributed by atoms with van der Waals surface area (Å²) in [5.74, 6) is -1.05. The molecule has 1 aromatic heterocycles. The molecule has 1 fully saturated rings. The number of carbonyl (C=O) groups is 3. The molecule has 3 rings (SSSR count). The van der Waals surface area contributed by atoms with Gasteiger partial charge >= 0.3 is 5.97 Å². The van der Waals surface area contributed by atoms with Gasteiger partial charge in [-0.2, -0.15) is 5.10 Å². The fourth-order valence-corrected chi connectivity index (χ4v) is 4.12. The Balaban J connectivity index is 1.64. The Bertz CT molecular complexity index is 985. The summed E-state index contributed by atoms with van der Waals surface area (Å²) >= 11 is 2.69. The summed E-state index contributed by atoms with van der Waals surface area (Å²) in [4.78, 5) is 37.3. The van der Waals surface area contributed by atoms with Crippen LogP contribution in [0, 0.1) is 0 Å². The predicted octanol–water partition coefficient (Wildman–Crippen LogP) is 3.27. The molecule has 2 amide bonds. The summed E-state index contributed by atoms with van der Waals surface area (Å²) in [7, 11) is 0. The van der Waals surface area contributed by atoms with Crippen LogP contribution in [0.3, 0.4) is 0 Å². The first-order valence-electron chi connectivity index (χ1n) is 9.17. The van der Waals surface area contributed by atoms with Gasteiger partial charge in [-0.1, -0.05) is 17.8 Å². The molecular weight excluding hydrogens is 424 g/mol. The highest BCUT2D eigenvalue weighted by Crippen LogP contribution is 2.23. The van der Waals surface area contributed by atoms with E-state index in [-0.39, 0.29) is 23.4 Å². The summed E-state index contributed by atoms with van der Waals surface area (Å²) in [6, 6.07) is 10.2. The van der Waals surface area contributed by atoms with Gasteiger partial charge in [-0.3, -0.25) is 9.59 Å². The molecule has 1 atom stereocenters. The minimum Gasteiger partial charge on any atom is -0.462 e. The predicted molar refractivity (Wildman–Crippen MR) is 119 cm³/mol. The maximum absolute atomic E-state index is 12.6. The van der Waals surface area contributed by atoms with Crippen molar-refractivity contribution in [3.63, 3.8) is 0 Å². The molecule has 0 bridgehead atoms. The Hall–Kier alpha value is -2.98. The molecule has 156 valence electrons. The molecule has 2 heterocycles. The highest BCUT2D eigenvalue weighted by molar-refractivity contribution is 8.15. The molecule has 0 spiro atoms. The van der Waals surface area contributed by atoms with Crippen LogP contribution in [-0.4, -0.2) is 40.5 Å². The third kappa shape index (κ3) is 5.77. The van der Waals surface area contributed by atoms with Gasteiger partial charge in [0.05, 0.1) is 22.8 Å². The van der Waals surface area contributed by atoms with Crippen LogP contribution in [0.5, 0.6) is 0 Å². The van der Waals surface area contributed by atoms with E-state index >= 15 is 0 Å². The number of nitrogens with zero attached hydrogens (tertiary/aromatic N) is 2. The molecular formula is C20H20N4O4S2. The van der Waals surface area contributed by atoms with E-state index in [4.69, 9.17) is 4.74 Å². The van der Waals surface area contributed by atoms with Crippen LogP contribution in [0.15, 0.2) is 52.0 Å². The number of nitrogens with one attached hydrogen (secondary N) is 2. The van der Waals surface area contributed by atoms with Gasteiger partial charge in [-0.05, 0) is 49.6 Å². The molecule has 30 heavy (non-hydrogen) atoms. The molecule has 0 radical (unpaired) electrons. The van der Waals surface area contributed by atoms with Gasteiger partial charge in [0.2, 0.25) is 11.8 Å². The lowest BCUT2D eigenvalue weighted by atomic mass is 10.2. The number of amidine groups is 1. The first-order valence-corrected chi connectivity index (χ1v) is 10.9. The van der Waals surface area contributed by atoms with Crippen molar-refractivity contribution in [3.05, 3.63) is 52.2 Å². The number of benzene rings is 1. The van der Waals surface area contributed by atoms with Crippen molar-refractivity contribution in [1.29, 1.82) is 0 Å². The SMILES string of the molecule is CCOC(=O)c1ccc(NC(=O)[C@@H]2CC(=O)N/C(=N/N=C(/C)c3cccs3)S2)cc1. The van der Waals surface area contributed by atoms with Gasteiger partial charge in [-0.25, -0.2) is 4.79 Å². The number of carbonyl (C=O) groups excluding carboxylic acids is 3. The van der Waals surface area contributed by atoms with Gasteiger partial charge in [0.1, 0.15) is 5.25 Å². The van der Waals surface area contributed by atoms with Gasteiger partial charge in [0, 0.05) is 12.1 Å². The first-order chi connectivity index (χ1) is 14.5. The number of amides is 2. The zero-order valence-corrected chi connectivity index (χ0v) is 18.0. The number of anilines is 1. The van der Waals surface area contributed by atoms with E-state index in [1.165, 1.54) is 0 Å². The average Bonchev–Trinajstić information content (AvgIpc) is 3.27. The van der Waals surface area contributed by atoms with Crippen molar-refractivity contribution >= 4 is 57.4 Å². The summed E-state index contributed by atoms with van der Waals surface area (Å²) in [6.07, 6.45) is 0.0318. The summed E-state index contributed by atoms with van der Waals surface area (Å²) < 4.78 is 4.93. The number of thioether (sulfide) groups is 1. The van der Waals surface area contributed by atoms with E-state index in [1.807, 2.05) is 24.4 Å². The van der Waals surface area contributed by atoms with Crippen molar-refractivity contribution in [2.45, 2.75) is 25.5 Å². The first kappa shape index (κ1) is 21.7. The standard InChI is InChI=1S/C20H20N4O4S2/c1-3-28-19(27)13-6-8-14(9-7-13)21-18(26)16-11-17(25)22-20(30-16)24-23-12(2)15-5-4-10-29-15/h4-10,16H,3,11H2,1-2H3,(H,21,26)(H,22,24,25)/b23-12-/t16-/m0/s1. The minimum atomic E-state index is -0.639. The second-order valence-corrected chi connectivity index (χ2v) is 8.35. The highest BCUT2D eigenvalue weighted by atomic mass is 32.2. The van der Waals surface area contributed by atoms with Crippen LogP contribution in [0.1, 0.15) is 35.5 Å². The number of hydrogen-bond acceptors (Lipinski definition) is 8. The molecule has 0 saturated carbocycles. The molecule has 0 aliphatic carbocycles. The smallest absolute Gasteiger partial charge is 0.338 e. The van der Waals surface area contributed by atoms with E-state index in [0.29, 0.717) is 17.9 Å². The maximum atomic E-state index is 12.6. The van der Waals surface area contributed by atoms with Crippen molar-refractivity contribution in [2.75, 3.05) is 11.9 Å². The van der Waals surface area contributed by atoms with Crippen molar-refractivity contribution < 1.29 is 19.1 Å². The Kier molecular flexibility index (Phi) is 7.36. The highest BCUT2D eigenvalue weighted by Gasteiger charge is 2.30.